The molecule has 6 heteroatoms. The minimum absolute atomic E-state index is 0. The molecule has 0 atom stereocenters. The number of nitrogens with zero attached hydrogens (tertiary/aromatic N) is 1. The smallest absolute Gasteiger partial charge is 0.506 e. The predicted octanol–water partition coefficient (Wildman–Crippen LogP) is -0.0847. The summed E-state index contributed by atoms with van der Waals surface area (Å²) in [6.45, 7) is 9.59. The first kappa shape index (κ1) is 22.6. The van der Waals surface area contributed by atoms with Crippen LogP contribution in [0.1, 0.15) is 40.0 Å². The van der Waals surface area contributed by atoms with E-state index >= 15 is 0 Å². The van der Waals surface area contributed by atoms with E-state index in [9.17, 15) is 0 Å². The van der Waals surface area contributed by atoms with Crippen LogP contribution in [-0.2, 0) is 13.3 Å². The van der Waals surface area contributed by atoms with Crippen molar-refractivity contribution in [1.82, 2.24) is 0 Å². The van der Waals surface area contributed by atoms with Crippen molar-refractivity contribution in [3.8, 4) is 0 Å². The van der Waals surface area contributed by atoms with Crippen LogP contribution in [-0.4, -0.2) is 60.8 Å². The minimum Gasteiger partial charge on any atom is -1.00 e. The number of hydrogen-bond acceptors (Lipinski definition) is 3. The van der Waals surface area contributed by atoms with Crippen molar-refractivity contribution >= 4 is 8.80 Å². The van der Waals surface area contributed by atoms with Crippen LogP contribution < -0.4 is 12.4 Å². The van der Waals surface area contributed by atoms with E-state index in [1.807, 2.05) is 0 Å². The quantitative estimate of drug-likeness (QED) is 0.370. The molecule has 0 unspecified atom stereocenters. The van der Waals surface area contributed by atoms with Gasteiger partial charge in [0, 0.05) is 19.8 Å². The first-order valence-electron chi connectivity index (χ1n) is 7.61. The summed E-state index contributed by atoms with van der Waals surface area (Å²) < 4.78 is 19.1. The lowest BCUT2D eigenvalue weighted by Crippen LogP contribution is -3.00. The lowest BCUT2D eigenvalue weighted by molar-refractivity contribution is -0.868. The van der Waals surface area contributed by atoms with E-state index in [0.717, 1.165) is 56.2 Å². The second-order valence-electron chi connectivity index (χ2n) is 5.99. The van der Waals surface area contributed by atoms with Gasteiger partial charge >= 0.3 is 8.80 Å². The third-order valence-corrected chi connectivity index (χ3v) is 5.43. The second-order valence-corrected chi connectivity index (χ2v) is 8.72. The van der Waals surface area contributed by atoms with Gasteiger partial charge in [-0.3, -0.25) is 0 Å². The van der Waals surface area contributed by atoms with Gasteiger partial charge in [0.2, 0.25) is 0 Å². The number of rotatable bonds is 12. The molecule has 0 N–H and O–H groups in total. The Hall–Kier alpha value is 0.347. The van der Waals surface area contributed by atoms with Crippen LogP contribution in [0.4, 0.5) is 0 Å². The molecule has 0 aromatic heterocycles. The van der Waals surface area contributed by atoms with Crippen molar-refractivity contribution < 1.29 is 30.2 Å². The summed E-state index contributed by atoms with van der Waals surface area (Å²) in [6.07, 6.45) is 3.01. The number of hydrogen-bond donors (Lipinski definition) is 0. The van der Waals surface area contributed by atoms with Gasteiger partial charge in [-0.2, -0.15) is 0 Å². The molecule has 0 rings (SSSR count). The van der Waals surface area contributed by atoms with Gasteiger partial charge in [-0.15, -0.1) is 0 Å². The van der Waals surface area contributed by atoms with Crippen molar-refractivity contribution in [2.75, 3.05) is 47.5 Å². The summed E-state index contributed by atoms with van der Waals surface area (Å²) in [4.78, 5) is 0. The van der Waals surface area contributed by atoms with Gasteiger partial charge in [0.25, 0.3) is 0 Å². The van der Waals surface area contributed by atoms with Gasteiger partial charge in [-0.1, -0.05) is 20.8 Å². The molecule has 0 aliphatic heterocycles. The SMILES string of the molecule is CCCO[Si](CC[N+](C)(C)C)(OCCC)OCCC.[Cl-]. The lowest BCUT2D eigenvalue weighted by Gasteiger charge is -2.32. The Balaban J connectivity index is 0. The highest BCUT2D eigenvalue weighted by Gasteiger charge is 2.42. The summed E-state index contributed by atoms with van der Waals surface area (Å²) in [7, 11) is 4.10. The molecule has 0 fully saturated rings. The Morgan fingerprint density at radius 1 is 0.750 bits per heavy atom. The normalized spacial score (nSPS) is 12.3. The molecule has 0 aliphatic rings. The van der Waals surface area contributed by atoms with Crippen molar-refractivity contribution in [2.45, 2.75) is 46.1 Å². The second kappa shape index (κ2) is 11.9. The lowest BCUT2D eigenvalue weighted by atomic mass is 10.5. The first-order valence-corrected chi connectivity index (χ1v) is 9.54. The highest BCUT2D eigenvalue weighted by atomic mass is 35.5. The topological polar surface area (TPSA) is 27.7 Å². The molecule has 0 aromatic carbocycles. The third-order valence-electron chi connectivity index (χ3n) is 2.67. The average Bonchev–Trinajstić information content (AvgIpc) is 2.36. The molecule has 0 saturated carbocycles. The van der Waals surface area contributed by atoms with Crippen molar-refractivity contribution in [3.63, 3.8) is 0 Å². The summed E-state index contributed by atoms with van der Waals surface area (Å²) in [5.41, 5.74) is 0. The zero-order valence-electron chi connectivity index (χ0n) is 14.2. The minimum atomic E-state index is -2.48. The van der Waals surface area contributed by atoms with E-state index < -0.39 is 8.80 Å². The molecule has 0 amide bonds. The maximum atomic E-state index is 6.06. The number of quaternary nitrogens is 1. The van der Waals surface area contributed by atoms with Gasteiger partial charge in [-0.25, -0.2) is 0 Å². The molecule has 0 aromatic rings. The van der Waals surface area contributed by atoms with Crippen LogP contribution >= 0.6 is 0 Å². The summed E-state index contributed by atoms with van der Waals surface area (Å²) in [6, 6.07) is 0.899. The Morgan fingerprint density at radius 2 is 1.10 bits per heavy atom. The van der Waals surface area contributed by atoms with E-state index in [2.05, 4.69) is 41.9 Å². The fourth-order valence-corrected chi connectivity index (χ4v) is 4.76. The number of halogens is 1. The van der Waals surface area contributed by atoms with Crippen molar-refractivity contribution in [1.29, 1.82) is 0 Å². The zero-order valence-corrected chi connectivity index (χ0v) is 16.0. The fraction of sp³-hybridized carbons (Fsp3) is 1.00. The average molecular weight is 328 g/mol. The molecule has 0 saturated heterocycles. The highest BCUT2D eigenvalue weighted by molar-refractivity contribution is 6.60. The molecule has 124 valence electrons. The van der Waals surface area contributed by atoms with Crippen LogP contribution in [0.3, 0.4) is 0 Å². The fourth-order valence-electron chi connectivity index (χ4n) is 1.59. The van der Waals surface area contributed by atoms with Gasteiger partial charge in [0.05, 0.1) is 33.7 Å². The molecule has 0 spiro atoms. The van der Waals surface area contributed by atoms with Gasteiger partial charge in [0.15, 0.2) is 0 Å². The van der Waals surface area contributed by atoms with Gasteiger partial charge < -0.3 is 30.2 Å². The summed E-state index contributed by atoms with van der Waals surface area (Å²) in [5, 5.41) is 0. The standard InChI is InChI=1S/C14H34NO3Si.ClH/c1-7-11-16-19(17-12-8-2,18-13-9-3)14-10-15(4,5)6;/h7-14H2,1-6H3;1H/q+1;/p-1. The monoisotopic (exact) mass is 327 g/mol. The van der Waals surface area contributed by atoms with E-state index in [1.165, 1.54) is 0 Å². The molecular formula is C14H34ClNO3Si. The van der Waals surface area contributed by atoms with E-state index in [4.69, 9.17) is 13.3 Å². The third kappa shape index (κ3) is 11.1. The molecule has 0 heterocycles. The largest absolute Gasteiger partial charge is 1.00 e. The molecule has 0 bridgehead atoms. The van der Waals surface area contributed by atoms with Crippen molar-refractivity contribution in [3.05, 3.63) is 0 Å². The van der Waals surface area contributed by atoms with Crippen LogP contribution in [0.15, 0.2) is 0 Å². The predicted molar refractivity (Wildman–Crippen MR) is 82.2 cm³/mol. The van der Waals surface area contributed by atoms with Crippen molar-refractivity contribution in [2.24, 2.45) is 0 Å². The Morgan fingerprint density at radius 3 is 1.35 bits per heavy atom. The summed E-state index contributed by atoms with van der Waals surface area (Å²) >= 11 is 0. The first-order chi connectivity index (χ1) is 8.89. The summed E-state index contributed by atoms with van der Waals surface area (Å²) in [5.74, 6) is 0. The van der Waals surface area contributed by atoms with Gasteiger partial charge in [-0.05, 0) is 19.3 Å². The molecule has 0 radical (unpaired) electrons. The highest BCUT2D eigenvalue weighted by Crippen LogP contribution is 2.18. The molecule has 0 aliphatic carbocycles. The maximum absolute atomic E-state index is 6.06. The van der Waals surface area contributed by atoms with E-state index in [-0.39, 0.29) is 12.4 Å². The molecule has 20 heavy (non-hydrogen) atoms. The van der Waals surface area contributed by atoms with Gasteiger partial charge in [0.1, 0.15) is 0 Å². The van der Waals surface area contributed by atoms with Crippen LogP contribution in [0.2, 0.25) is 6.04 Å². The zero-order chi connectivity index (χ0) is 14.8. The van der Waals surface area contributed by atoms with Crippen LogP contribution in [0, 0.1) is 0 Å². The molecular weight excluding hydrogens is 294 g/mol. The van der Waals surface area contributed by atoms with E-state index in [0.29, 0.717) is 0 Å². The Labute approximate surface area is 133 Å². The van der Waals surface area contributed by atoms with Crippen LogP contribution in [0.5, 0.6) is 0 Å². The van der Waals surface area contributed by atoms with Crippen LogP contribution in [0.25, 0.3) is 0 Å². The Kier molecular flexibility index (Phi) is 13.5. The molecule has 4 nitrogen and oxygen atoms in total. The maximum Gasteiger partial charge on any atom is 0.506 e. The van der Waals surface area contributed by atoms with E-state index in [1.54, 1.807) is 0 Å². The Bertz CT molecular complexity index is 203.